The van der Waals surface area contributed by atoms with Crippen molar-refractivity contribution in [3.8, 4) is 0 Å². The lowest BCUT2D eigenvalue weighted by Crippen LogP contribution is -2.45. The fourth-order valence-corrected chi connectivity index (χ4v) is 10.0. The number of esters is 1. The Labute approximate surface area is 443 Å². The summed E-state index contributed by atoms with van der Waals surface area (Å²) in [6.45, 7) is 4.93. The van der Waals surface area contributed by atoms with E-state index >= 15 is 0 Å². The van der Waals surface area contributed by atoms with Gasteiger partial charge < -0.3 is 20.3 Å². The van der Waals surface area contributed by atoms with Crippen LogP contribution in [0, 0.1) is 0 Å². The molecule has 0 aromatic rings. The molecule has 0 aromatic carbocycles. The zero-order valence-electron chi connectivity index (χ0n) is 48.0. The third-order valence-electron chi connectivity index (χ3n) is 15.0. The summed E-state index contributed by atoms with van der Waals surface area (Å²) in [6, 6.07) is -0.633. The molecule has 1 amide bonds. The van der Waals surface area contributed by atoms with Crippen molar-refractivity contribution >= 4 is 11.9 Å². The number of rotatable bonds is 60. The average Bonchev–Trinajstić information content (AvgIpc) is 3.37. The molecule has 2 atom stereocenters. The van der Waals surface area contributed by atoms with E-state index in [0.29, 0.717) is 19.4 Å². The normalized spacial score (nSPS) is 12.7. The Bertz CT molecular complexity index is 1110. The summed E-state index contributed by atoms with van der Waals surface area (Å²) < 4.78 is 5.49. The summed E-state index contributed by atoms with van der Waals surface area (Å²) in [5, 5.41) is 23.1. The molecule has 0 radical (unpaired) electrons. The molecule has 0 aliphatic carbocycles. The van der Waals surface area contributed by atoms with Gasteiger partial charge in [0.2, 0.25) is 5.91 Å². The maximum atomic E-state index is 12.5. The van der Waals surface area contributed by atoms with Crippen molar-refractivity contribution in [3.05, 3.63) is 24.3 Å². The minimum atomic E-state index is -0.848. The highest BCUT2D eigenvalue weighted by Gasteiger charge is 2.18. The molecule has 0 fully saturated rings. The van der Waals surface area contributed by atoms with Crippen LogP contribution in [0.2, 0.25) is 0 Å². The van der Waals surface area contributed by atoms with Crippen molar-refractivity contribution in [1.82, 2.24) is 5.32 Å². The Morgan fingerprint density at radius 2 is 0.662 bits per heavy atom. The lowest BCUT2D eigenvalue weighted by atomic mass is 10.0. The van der Waals surface area contributed by atoms with Gasteiger partial charge in [0.25, 0.3) is 0 Å². The van der Waals surface area contributed by atoms with E-state index in [9.17, 15) is 19.8 Å². The second-order valence-corrected chi connectivity index (χ2v) is 22.1. The van der Waals surface area contributed by atoms with Crippen LogP contribution in [0.3, 0.4) is 0 Å². The first-order valence-electron chi connectivity index (χ1n) is 32.1. The third-order valence-corrected chi connectivity index (χ3v) is 15.0. The van der Waals surface area contributed by atoms with Crippen LogP contribution in [0.1, 0.15) is 354 Å². The van der Waals surface area contributed by atoms with Gasteiger partial charge in [-0.1, -0.05) is 308 Å². The second kappa shape index (κ2) is 60.9. The van der Waals surface area contributed by atoms with Gasteiger partial charge in [0.1, 0.15) is 0 Å². The van der Waals surface area contributed by atoms with E-state index in [1.165, 1.54) is 283 Å². The molecule has 0 bridgehead atoms. The van der Waals surface area contributed by atoms with Crippen molar-refractivity contribution in [2.24, 2.45) is 0 Å². The minimum Gasteiger partial charge on any atom is -0.466 e. The van der Waals surface area contributed by atoms with Crippen LogP contribution < -0.4 is 5.32 Å². The standard InChI is InChI=1S/C65H125NO5/c1-3-5-7-9-11-13-15-17-19-29-33-37-41-45-49-53-57-63(68)62(61-67)66-64(69)58-54-50-46-42-38-34-30-27-25-23-21-22-24-26-28-32-36-40-44-48-52-56-60-71-65(70)59-55-51-47-43-39-35-31-20-18-16-14-12-10-8-6-4-2/h23,25,53,57,62-63,67-68H,3-22,24,26-52,54-56,58-61H2,1-2H3,(H,66,69)/b25-23-,57-53+. The fraction of sp³-hybridized carbons (Fsp3) is 0.908. The highest BCUT2D eigenvalue weighted by molar-refractivity contribution is 5.76. The molecule has 71 heavy (non-hydrogen) atoms. The van der Waals surface area contributed by atoms with Crippen LogP contribution in [0.5, 0.6) is 0 Å². The second-order valence-electron chi connectivity index (χ2n) is 22.1. The zero-order valence-corrected chi connectivity index (χ0v) is 48.0. The summed E-state index contributed by atoms with van der Waals surface area (Å²) in [5.74, 6) is -0.0596. The van der Waals surface area contributed by atoms with Crippen LogP contribution in [-0.4, -0.2) is 47.4 Å². The molecule has 0 rings (SSSR count). The maximum Gasteiger partial charge on any atom is 0.305 e. The van der Waals surface area contributed by atoms with Crippen LogP contribution in [0.15, 0.2) is 24.3 Å². The van der Waals surface area contributed by atoms with Gasteiger partial charge in [-0.25, -0.2) is 0 Å². The molecule has 6 nitrogen and oxygen atoms in total. The third kappa shape index (κ3) is 57.5. The van der Waals surface area contributed by atoms with E-state index in [0.717, 1.165) is 44.9 Å². The first kappa shape index (κ1) is 69.3. The van der Waals surface area contributed by atoms with E-state index < -0.39 is 12.1 Å². The number of unbranched alkanes of at least 4 members (excludes halogenated alkanes) is 47. The van der Waals surface area contributed by atoms with Crippen LogP contribution in [-0.2, 0) is 14.3 Å². The Morgan fingerprint density at radius 1 is 0.380 bits per heavy atom. The monoisotopic (exact) mass is 1000 g/mol. The smallest absolute Gasteiger partial charge is 0.305 e. The highest BCUT2D eigenvalue weighted by atomic mass is 16.5. The largest absolute Gasteiger partial charge is 0.466 e. The molecule has 0 aliphatic heterocycles. The quantitative estimate of drug-likeness (QED) is 0.0320. The van der Waals surface area contributed by atoms with Crippen LogP contribution >= 0.6 is 0 Å². The number of carbonyl (C=O) groups is 2. The highest BCUT2D eigenvalue weighted by Crippen LogP contribution is 2.18. The van der Waals surface area contributed by atoms with Crippen molar-refractivity contribution < 1.29 is 24.5 Å². The first-order chi connectivity index (χ1) is 35.0. The van der Waals surface area contributed by atoms with Crippen molar-refractivity contribution in [2.45, 2.75) is 366 Å². The predicted molar refractivity (Wildman–Crippen MR) is 310 cm³/mol. The molecule has 0 saturated carbocycles. The van der Waals surface area contributed by atoms with Gasteiger partial charge in [0.05, 0.1) is 25.4 Å². The van der Waals surface area contributed by atoms with Crippen molar-refractivity contribution in [2.75, 3.05) is 13.2 Å². The number of aliphatic hydroxyl groups is 2. The molecule has 6 heteroatoms. The number of carbonyl (C=O) groups excluding carboxylic acids is 2. The van der Waals surface area contributed by atoms with E-state index in [1.54, 1.807) is 6.08 Å². The molecular formula is C65H125NO5. The van der Waals surface area contributed by atoms with Gasteiger partial charge in [0.15, 0.2) is 0 Å². The van der Waals surface area contributed by atoms with E-state index in [2.05, 4.69) is 31.3 Å². The minimum absolute atomic E-state index is 0.0133. The number of aliphatic hydroxyl groups excluding tert-OH is 2. The Kier molecular flexibility index (Phi) is 59.5. The molecular weight excluding hydrogens is 875 g/mol. The summed E-state index contributed by atoms with van der Waals surface area (Å²) >= 11 is 0. The van der Waals surface area contributed by atoms with Crippen molar-refractivity contribution in [3.63, 3.8) is 0 Å². The molecule has 2 unspecified atom stereocenters. The molecule has 3 N–H and O–H groups in total. The lowest BCUT2D eigenvalue weighted by Gasteiger charge is -2.20. The Morgan fingerprint density at radius 3 is 1.00 bits per heavy atom. The van der Waals surface area contributed by atoms with Gasteiger partial charge in [-0.15, -0.1) is 0 Å². The summed E-state index contributed by atoms with van der Waals surface area (Å²) in [4.78, 5) is 24.5. The van der Waals surface area contributed by atoms with Gasteiger partial charge >= 0.3 is 5.97 Å². The van der Waals surface area contributed by atoms with E-state index in [-0.39, 0.29) is 18.5 Å². The number of amides is 1. The maximum absolute atomic E-state index is 12.5. The molecule has 0 heterocycles. The van der Waals surface area contributed by atoms with Gasteiger partial charge in [-0.3, -0.25) is 9.59 Å². The van der Waals surface area contributed by atoms with E-state index in [1.807, 2.05) is 6.08 Å². The molecule has 0 saturated heterocycles. The zero-order chi connectivity index (χ0) is 51.4. The van der Waals surface area contributed by atoms with Gasteiger partial charge in [-0.05, 0) is 57.8 Å². The van der Waals surface area contributed by atoms with E-state index in [4.69, 9.17) is 4.74 Å². The number of hydrogen-bond donors (Lipinski definition) is 3. The van der Waals surface area contributed by atoms with Crippen LogP contribution in [0.25, 0.3) is 0 Å². The number of hydrogen-bond acceptors (Lipinski definition) is 5. The Hall–Kier alpha value is -1.66. The SMILES string of the molecule is CCCCCCCCCCCCCCCC/C=C/C(O)C(CO)NC(=O)CCCCCCCCC/C=C\CCCCCCCCCCCCCOC(=O)CCCCCCCCCCCCCCCCCC. The lowest BCUT2D eigenvalue weighted by molar-refractivity contribution is -0.143. The summed E-state index contributed by atoms with van der Waals surface area (Å²) in [5.41, 5.74) is 0. The summed E-state index contributed by atoms with van der Waals surface area (Å²) in [6.07, 6.45) is 75.1. The molecule has 0 aromatic heterocycles. The number of allylic oxidation sites excluding steroid dienone is 3. The number of ether oxygens (including phenoxy) is 1. The Balaban J connectivity index is 3.42. The average molecular weight is 1000 g/mol. The predicted octanol–water partition coefficient (Wildman–Crippen LogP) is 20.2. The van der Waals surface area contributed by atoms with Crippen molar-refractivity contribution in [1.29, 1.82) is 0 Å². The van der Waals surface area contributed by atoms with Gasteiger partial charge in [0, 0.05) is 12.8 Å². The molecule has 0 spiro atoms. The topological polar surface area (TPSA) is 95.9 Å². The fourth-order valence-electron chi connectivity index (χ4n) is 10.0. The first-order valence-corrected chi connectivity index (χ1v) is 32.1. The summed E-state index contributed by atoms with van der Waals surface area (Å²) in [7, 11) is 0. The van der Waals surface area contributed by atoms with Gasteiger partial charge in [-0.2, -0.15) is 0 Å². The van der Waals surface area contributed by atoms with Crippen LogP contribution in [0.4, 0.5) is 0 Å². The molecule has 0 aliphatic rings. The number of nitrogens with one attached hydrogen (secondary N) is 1. The molecule has 420 valence electrons.